The second-order valence-electron chi connectivity index (χ2n) is 6.48. The molecule has 19 heavy (non-hydrogen) atoms. The highest BCUT2D eigenvalue weighted by Crippen LogP contribution is 2.35. The van der Waals surface area contributed by atoms with Gasteiger partial charge in [-0.3, -0.25) is 4.79 Å². The molecule has 2 fully saturated rings. The van der Waals surface area contributed by atoms with Gasteiger partial charge in [0.1, 0.15) is 0 Å². The number of nitrogens with zero attached hydrogens (tertiary/aromatic N) is 1. The number of hydrogen-bond acceptors (Lipinski definition) is 3. The lowest BCUT2D eigenvalue weighted by Crippen LogP contribution is -2.57. The fourth-order valence-electron chi connectivity index (χ4n) is 3.22. The summed E-state index contributed by atoms with van der Waals surface area (Å²) < 4.78 is 0. The van der Waals surface area contributed by atoms with Crippen LogP contribution in [-0.4, -0.2) is 50.1 Å². The summed E-state index contributed by atoms with van der Waals surface area (Å²) in [4.78, 5) is 14.2. The zero-order chi connectivity index (χ0) is 13.7. The molecule has 1 aliphatic carbocycles. The normalized spacial score (nSPS) is 23.1. The summed E-state index contributed by atoms with van der Waals surface area (Å²) in [7, 11) is 4.25. The van der Waals surface area contributed by atoms with Crippen molar-refractivity contribution in [2.75, 3.05) is 33.7 Å². The van der Waals surface area contributed by atoms with Gasteiger partial charge >= 0.3 is 0 Å². The Morgan fingerprint density at radius 1 is 1.32 bits per heavy atom. The summed E-state index contributed by atoms with van der Waals surface area (Å²) in [5.74, 6) is 0.991. The van der Waals surface area contributed by atoms with Gasteiger partial charge in [-0.2, -0.15) is 0 Å². The van der Waals surface area contributed by atoms with E-state index in [0.717, 1.165) is 32.0 Å². The van der Waals surface area contributed by atoms with Crippen LogP contribution in [0.4, 0.5) is 0 Å². The Balaban J connectivity index is 1.64. The Hall–Kier alpha value is -0.610. The lowest BCUT2D eigenvalue weighted by molar-refractivity contribution is -0.122. The van der Waals surface area contributed by atoms with Gasteiger partial charge in [0, 0.05) is 18.5 Å². The average Bonchev–Trinajstić information content (AvgIpc) is 2.36. The standard InChI is InChI=1S/C15H29N3O/c1-18(2)15(8-3-9-15)12-17-14(19)5-4-13-6-10-16-11-7-13/h13,16H,3-12H2,1-2H3,(H,17,19). The zero-order valence-corrected chi connectivity index (χ0v) is 12.5. The molecule has 2 aliphatic rings. The zero-order valence-electron chi connectivity index (χ0n) is 12.5. The Morgan fingerprint density at radius 3 is 2.53 bits per heavy atom. The Bertz CT molecular complexity index is 294. The van der Waals surface area contributed by atoms with E-state index in [1.165, 1.54) is 32.1 Å². The summed E-state index contributed by atoms with van der Waals surface area (Å²) in [6, 6.07) is 0. The molecule has 1 aliphatic heterocycles. The third kappa shape index (κ3) is 3.93. The fourth-order valence-corrected chi connectivity index (χ4v) is 3.22. The largest absolute Gasteiger partial charge is 0.354 e. The monoisotopic (exact) mass is 267 g/mol. The van der Waals surface area contributed by atoms with Crippen LogP contribution in [0.5, 0.6) is 0 Å². The SMILES string of the molecule is CN(C)C1(CNC(=O)CCC2CCNCC2)CCC1. The van der Waals surface area contributed by atoms with Crippen molar-refractivity contribution >= 4 is 5.91 Å². The number of carbonyl (C=O) groups is 1. The fraction of sp³-hybridized carbons (Fsp3) is 0.933. The van der Waals surface area contributed by atoms with Crippen LogP contribution in [0.3, 0.4) is 0 Å². The molecular weight excluding hydrogens is 238 g/mol. The van der Waals surface area contributed by atoms with Crippen LogP contribution in [0.25, 0.3) is 0 Å². The van der Waals surface area contributed by atoms with Gasteiger partial charge in [0.2, 0.25) is 5.91 Å². The maximum atomic E-state index is 11.9. The predicted octanol–water partition coefficient (Wildman–Crippen LogP) is 1.37. The lowest BCUT2D eigenvalue weighted by Gasteiger charge is -2.47. The number of likely N-dealkylation sites (N-methyl/N-ethyl adjacent to an activating group) is 1. The minimum atomic E-state index is 0.240. The van der Waals surface area contributed by atoms with Crippen LogP contribution in [0.15, 0.2) is 0 Å². The van der Waals surface area contributed by atoms with Crippen molar-refractivity contribution in [3.8, 4) is 0 Å². The highest BCUT2D eigenvalue weighted by atomic mass is 16.1. The second kappa shape index (κ2) is 6.71. The molecule has 0 atom stereocenters. The number of piperidine rings is 1. The van der Waals surface area contributed by atoms with E-state index in [1.807, 2.05) is 0 Å². The van der Waals surface area contributed by atoms with Crippen LogP contribution < -0.4 is 10.6 Å². The molecule has 4 heteroatoms. The van der Waals surface area contributed by atoms with Gasteiger partial charge in [-0.15, -0.1) is 0 Å². The topological polar surface area (TPSA) is 44.4 Å². The van der Waals surface area contributed by atoms with Crippen LogP contribution in [-0.2, 0) is 4.79 Å². The molecule has 0 aromatic carbocycles. The van der Waals surface area contributed by atoms with Gasteiger partial charge in [-0.05, 0) is 71.6 Å². The van der Waals surface area contributed by atoms with Crippen molar-refractivity contribution in [2.24, 2.45) is 5.92 Å². The summed E-state index contributed by atoms with van der Waals surface area (Å²) in [6.07, 6.45) is 7.95. The summed E-state index contributed by atoms with van der Waals surface area (Å²) in [6.45, 7) is 3.07. The molecule has 1 saturated carbocycles. The smallest absolute Gasteiger partial charge is 0.220 e. The number of rotatable bonds is 6. The van der Waals surface area contributed by atoms with E-state index in [-0.39, 0.29) is 11.4 Å². The molecule has 2 N–H and O–H groups in total. The van der Waals surface area contributed by atoms with Gasteiger partial charge in [-0.1, -0.05) is 0 Å². The first-order chi connectivity index (χ1) is 9.12. The first-order valence-electron chi connectivity index (χ1n) is 7.77. The average molecular weight is 267 g/mol. The summed E-state index contributed by atoms with van der Waals surface area (Å²) in [5, 5.41) is 6.52. The van der Waals surface area contributed by atoms with Crippen molar-refractivity contribution in [1.82, 2.24) is 15.5 Å². The van der Waals surface area contributed by atoms with Gasteiger partial charge < -0.3 is 15.5 Å². The molecule has 0 aromatic heterocycles. The van der Waals surface area contributed by atoms with Crippen LogP contribution in [0.2, 0.25) is 0 Å². The number of nitrogens with one attached hydrogen (secondary N) is 2. The minimum absolute atomic E-state index is 0.240. The molecule has 0 spiro atoms. The van der Waals surface area contributed by atoms with Gasteiger partial charge in [0.15, 0.2) is 0 Å². The van der Waals surface area contributed by atoms with E-state index in [9.17, 15) is 4.79 Å². The van der Waals surface area contributed by atoms with Crippen LogP contribution >= 0.6 is 0 Å². The Labute approximate surface area is 117 Å². The number of hydrogen-bond donors (Lipinski definition) is 2. The Morgan fingerprint density at radius 2 is 2.00 bits per heavy atom. The molecule has 110 valence electrons. The van der Waals surface area contributed by atoms with E-state index in [4.69, 9.17) is 0 Å². The second-order valence-corrected chi connectivity index (χ2v) is 6.48. The first-order valence-corrected chi connectivity index (χ1v) is 7.77. The molecule has 1 saturated heterocycles. The van der Waals surface area contributed by atoms with Crippen LogP contribution in [0, 0.1) is 5.92 Å². The van der Waals surface area contributed by atoms with E-state index < -0.39 is 0 Å². The third-order valence-electron chi connectivity index (χ3n) is 5.09. The maximum absolute atomic E-state index is 11.9. The lowest BCUT2D eigenvalue weighted by atomic mass is 9.75. The molecule has 0 radical (unpaired) electrons. The van der Waals surface area contributed by atoms with Crippen molar-refractivity contribution in [3.63, 3.8) is 0 Å². The first kappa shape index (κ1) is 14.8. The molecule has 0 bridgehead atoms. The summed E-state index contributed by atoms with van der Waals surface area (Å²) >= 11 is 0. The summed E-state index contributed by atoms with van der Waals surface area (Å²) in [5.41, 5.74) is 0.240. The van der Waals surface area contributed by atoms with E-state index in [2.05, 4.69) is 29.6 Å². The van der Waals surface area contributed by atoms with Gasteiger partial charge in [0.25, 0.3) is 0 Å². The third-order valence-corrected chi connectivity index (χ3v) is 5.09. The van der Waals surface area contributed by atoms with Crippen molar-refractivity contribution < 1.29 is 4.79 Å². The number of carbonyl (C=O) groups excluding carboxylic acids is 1. The maximum Gasteiger partial charge on any atom is 0.220 e. The van der Waals surface area contributed by atoms with E-state index >= 15 is 0 Å². The molecule has 4 nitrogen and oxygen atoms in total. The van der Waals surface area contributed by atoms with Crippen molar-refractivity contribution in [3.05, 3.63) is 0 Å². The molecular formula is C15H29N3O. The molecule has 0 unspecified atom stereocenters. The van der Waals surface area contributed by atoms with Gasteiger partial charge in [-0.25, -0.2) is 0 Å². The molecule has 2 rings (SSSR count). The molecule has 1 heterocycles. The number of amides is 1. The Kier molecular flexibility index (Phi) is 5.22. The molecule has 1 amide bonds. The van der Waals surface area contributed by atoms with Gasteiger partial charge in [0.05, 0.1) is 0 Å². The highest BCUT2D eigenvalue weighted by molar-refractivity contribution is 5.75. The molecule has 0 aromatic rings. The van der Waals surface area contributed by atoms with Crippen molar-refractivity contribution in [2.45, 2.75) is 50.5 Å². The minimum Gasteiger partial charge on any atom is -0.354 e. The van der Waals surface area contributed by atoms with Crippen LogP contribution in [0.1, 0.15) is 44.9 Å². The van der Waals surface area contributed by atoms with E-state index in [0.29, 0.717) is 6.42 Å². The van der Waals surface area contributed by atoms with Crippen molar-refractivity contribution in [1.29, 1.82) is 0 Å². The highest BCUT2D eigenvalue weighted by Gasteiger charge is 2.39. The van der Waals surface area contributed by atoms with E-state index in [1.54, 1.807) is 0 Å². The predicted molar refractivity (Wildman–Crippen MR) is 78.1 cm³/mol. The quantitative estimate of drug-likeness (QED) is 0.764.